The van der Waals surface area contributed by atoms with Gasteiger partial charge in [-0.3, -0.25) is 18.7 Å². The zero-order valence-electron chi connectivity index (χ0n) is 25.1. The first-order chi connectivity index (χ1) is 21.2. The van der Waals surface area contributed by atoms with Gasteiger partial charge in [0.05, 0.1) is 19.5 Å². The predicted molar refractivity (Wildman–Crippen MR) is 161 cm³/mol. The monoisotopic (exact) mass is 633 g/mol. The number of esters is 1. The summed E-state index contributed by atoms with van der Waals surface area (Å²) in [6.07, 6.45) is 5.35. The van der Waals surface area contributed by atoms with Crippen molar-refractivity contribution in [3.8, 4) is 5.75 Å². The van der Waals surface area contributed by atoms with Crippen molar-refractivity contribution < 1.29 is 37.4 Å². The van der Waals surface area contributed by atoms with Gasteiger partial charge in [-0.2, -0.15) is 15.1 Å². The van der Waals surface area contributed by atoms with Crippen LogP contribution in [0.15, 0.2) is 36.7 Å². The second kappa shape index (κ2) is 15.9. The van der Waals surface area contributed by atoms with Crippen molar-refractivity contribution in [3.63, 3.8) is 0 Å². The van der Waals surface area contributed by atoms with E-state index in [1.165, 1.54) is 13.3 Å². The number of hydrogen-bond acceptors (Lipinski definition) is 12. The van der Waals surface area contributed by atoms with E-state index < -0.39 is 32.3 Å². The van der Waals surface area contributed by atoms with Crippen LogP contribution in [0.1, 0.15) is 65.5 Å². The summed E-state index contributed by atoms with van der Waals surface area (Å²) < 4.78 is 43.3. The van der Waals surface area contributed by atoms with E-state index in [-0.39, 0.29) is 43.2 Å². The molecule has 3 aromatic rings. The van der Waals surface area contributed by atoms with Gasteiger partial charge in [-0.15, -0.1) is 0 Å². The van der Waals surface area contributed by atoms with Crippen LogP contribution < -0.4 is 20.7 Å². The fourth-order valence-electron chi connectivity index (χ4n) is 4.42. The van der Waals surface area contributed by atoms with E-state index >= 15 is 0 Å². The van der Waals surface area contributed by atoms with E-state index in [0.717, 1.165) is 32.1 Å². The van der Waals surface area contributed by atoms with Crippen molar-refractivity contribution >= 4 is 42.6 Å². The molecule has 4 atom stereocenters. The fourth-order valence-corrected chi connectivity index (χ4v) is 5.89. The summed E-state index contributed by atoms with van der Waals surface area (Å²) >= 11 is 0. The van der Waals surface area contributed by atoms with E-state index in [1.807, 2.05) is 0 Å². The highest BCUT2D eigenvalue weighted by Gasteiger charge is 2.36. The number of para-hydroxylation sites is 1. The summed E-state index contributed by atoms with van der Waals surface area (Å²) in [6.45, 7) is 5.24. The van der Waals surface area contributed by atoms with Crippen molar-refractivity contribution in [2.75, 3.05) is 30.9 Å². The summed E-state index contributed by atoms with van der Waals surface area (Å²) in [4.78, 5) is 37.6. The molecule has 2 aromatic heterocycles. The summed E-state index contributed by atoms with van der Waals surface area (Å²) in [7, 11) is -4.09. The Labute approximate surface area is 255 Å². The van der Waals surface area contributed by atoms with Crippen molar-refractivity contribution in [3.05, 3.63) is 36.7 Å². The lowest BCUT2D eigenvalue weighted by atomic mass is 10.1. The highest BCUT2D eigenvalue weighted by atomic mass is 31.2. The normalized spacial score (nSPS) is 18.5. The number of carbonyl (C=O) groups excluding carboxylic acids is 2. The number of aromatic nitrogens is 4. The fraction of sp³-hybridized carbons (Fsp3) is 0.536. The molecule has 1 saturated heterocycles. The number of nitrogens with one attached hydrogen (secondary N) is 2. The molecule has 0 aliphatic carbocycles. The lowest BCUT2D eigenvalue weighted by Gasteiger charge is -2.23. The first-order valence-corrected chi connectivity index (χ1v) is 16.3. The number of imidazole rings is 1. The average Bonchev–Trinajstić information content (AvgIpc) is 3.64. The smallest absolute Gasteiger partial charge is 0.459 e. The Balaban J connectivity index is 1.40. The zero-order valence-corrected chi connectivity index (χ0v) is 26.0. The molecule has 1 aliphatic rings. The number of ether oxygens (including phenoxy) is 3. The zero-order chi connectivity index (χ0) is 31.5. The number of nitrogens with two attached hydrogens (primary N) is 1. The van der Waals surface area contributed by atoms with Crippen molar-refractivity contribution in [2.45, 2.75) is 77.9 Å². The standard InChI is InChI=1S/C28H40N7O8P/c1-4-6-7-8-12-15-21(36)31-25-24-26(33-28(29)32-25)35(18-30-24)22-16-40-23(42-22)17-41-44(38,34-19(3)27(37)39-5-2)43-20-13-10-9-11-14-20/h9-11,13-14,18-19,22-23H,4-8,12,15-17H2,1-3H3,(H,34,38)(H3,29,31,32,33,36)/t19-,22+,23+,44?/m0/s1. The molecule has 15 nitrogen and oxygen atoms in total. The van der Waals surface area contributed by atoms with Crippen LogP contribution in [0.4, 0.5) is 11.8 Å². The third-order valence-corrected chi connectivity index (χ3v) is 8.23. The largest absolute Gasteiger partial charge is 0.465 e. The van der Waals surface area contributed by atoms with E-state index in [9.17, 15) is 14.2 Å². The van der Waals surface area contributed by atoms with Gasteiger partial charge in [-0.25, -0.2) is 9.55 Å². The van der Waals surface area contributed by atoms with Crippen molar-refractivity contribution in [1.29, 1.82) is 0 Å². The van der Waals surface area contributed by atoms with Crippen LogP contribution in [0.5, 0.6) is 5.75 Å². The van der Waals surface area contributed by atoms with Gasteiger partial charge in [-0.05, 0) is 32.4 Å². The van der Waals surface area contributed by atoms with Gasteiger partial charge in [0.1, 0.15) is 18.4 Å². The Bertz CT molecular complexity index is 1440. The maximum atomic E-state index is 13.7. The Morgan fingerprint density at radius 1 is 1.16 bits per heavy atom. The SMILES string of the molecule is CCCCCCCC(=O)Nc1nc(N)nc2c1ncn2[C@H]1CO[C@@H](COP(=O)(N[C@@H](C)C(=O)OCC)Oc2ccccc2)O1. The van der Waals surface area contributed by atoms with E-state index in [4.69, 9.17) is 29.0 Å². The third kappa shape index (κ3) is 9.19. The van der Waals surface area contributed by atoms with E-state index in [0.29, 0.717) is 17.6 Å². The second-order valence-electron chi connectivity index (χ2n) is 10.1. The van der Waals surface area contributed by atoms with Crippen molar-refractivity contribution in [2.24, 2.45) is 0 Å². The molecule has 1 aliphatic heterocycles. The topological polar surface area (TPSA) is 191 Å². The molecule has 0 spiro atoms. The Morgan fingerprint density at radius 2 is 1.93 bits per heavy atom. The number of amides is 1. The Kier molecular flexibility index (Phi) is 12.0. The molecule has 1 amide bonds. The van der Waals surface area contributed by atoms with Gasteiger partial charge >= 0.3 is 13.7 Å². The summed E-state index contributed by atoms with van der Waals surface area (Å²) in [6, 6.07) is 7.42. The molecule has 1 fully saturated rings. The van der Waals surface area contributed by atoms with Crippen LogP contribution in [0.25, 0.3) is 11.2 Å². The van der Waals surface area contributed by atoms with Gasteiger partial charge < -0.3 is 29.8 Å². The third-order valence-electron chi connectivity index (χ3n) is 6.59. The van der Waals surface area contributed by atoms with Crippen LogP contribution in [0, 0.1) is 0 Å². The van der Waals surface area contributed by atoms with Gasteiger partial charge in [0.15, 0.2) is 29.5 Å². The van der Waals surface area contributed by atoms with Gasteiger partial charge in [0.25, 0.3) is 0 Å². The molecule has 44 heavy (non-hydrogen) atoms. The molecule has 240 valence electrons. The molecular formula is C28H40N7O8P. The minimum atomic E-state index is -4.09. The quantitative estimate of drug-likeness (QED) is 0.108. The second-order valence-corrected chi connectivity index (χ2v) is 11.8. The lowest BCUT2D eigenvalue weighted by molar-refractivity contribution is -0.144. The molecule has 0 radical (unpaired) electrons. The summed E-state index contributed by atoms with van der Waals surface area (Å²) in [5, 5.41) is 5.40. The summed E-state index contributed by atoms with van der Waals surface area (Å²) in [5.74, 6) is -0.355. The minimum absolute atomic E-state index is 0.0444. The average molecular weight is 634 g/mol. The number of unbranched alkanes of at least 4 members (excludes halogenated alkanes) is 4. The number of nitrogens with zero attached hydrogens (tertiary/aromatic N) is 4. The van der Waals surface area contributed by atoms with E-state index in [2.05, 4.69) is 32.3 Å². The minimum Gasteiger partial charge on any atom is -0.465 e. The molecule has 3 heterocycles. The first kappa shape index (κ1) is 33.3. The number of hydrogen-bond donors (Lipinski definition) is 3. The number of nitrogen functional groups attached to an aromatic ring is 1. The number of benzene rings is 1. The molecule has 1 unspecified atom stereocenters. The molecular weight excluding hydrogens is 593 g/mol. The maximum Gasteiger partial charge on any atom is 0.459 e. The molecule has 4 N–H and O–H groups in total. The van der Waals surface area contributed by atoms with Crippen LogP contribution in [-0.4, -0.2) is 63.5 Å². The van der Waals surface area contributed by atoms with Crippen LogP contribution in [0.3, 0.4) is 0 Å². The van der Waals surface area contributed by atoms with Gasteiger partial charge in [-0.1, -0.05) is 50.8 Å². The Hall–Kier alpha value is -3.62. The molecule has 1 aromatic carbocycles. The lowest BCUT2D eigenvalue weighted by Crippen LogP contribution is -2.35. The van der Waals surface area contributed by atoms with Crippen LogP contribution in [-0.2, 0) is 32.9 Å². The van der Waals surface area contributed by atoms with Crippen LogP contribution in [0.2, 0.25) is 0 Å². The molecule has 0 bridgehead atoms. The first-order valence-electron chi connectivity index (χ1n) is 14.7. The van der Waals surface area contributed by atoms with E-state index in [1.54, 1.807) is 41.8 Å². The highest BCUT2D eigenvalue weighted by molar-refractivity contribution is 7.52. The number of rotatable bonds is 17. The summed E-state index contributed by atoms with van der Waals surface area (Å²) in [5.41, 5.74) is 6.65. The Morgan fingerprint density at radius 3 is 2.68 bits per heavy atom. The maximum absolute atomic E-state index is 13.7. The predicted octanol–water partition coefficient (Wildman–Crippen LogP) is 4.32. The molecule has 0 saturated carbocycles. The van der Waals surface area contributed by atoms with Gasteiger partial charge in [0, 0.05) is 6.42 Å². The number of fused-ring (bicyclic) bond motifs is 1. The van der Waals surface area contributed by atoms with Crippen molar-refractivity contribution in [1.82, 2.24) is 24.6 Å². The number of carbonyl (C=O) groups is 2. The van der Waals surface area contributed by atoms with Crippen LogP contribution >= 0.6 is 7.75 Å². The highest BCUT2D eigenvalue weighted by Crippen LogP contribution is 2.45. The van der Waals surface area contributed by atoms with Gasteiger partial charge in [0.2, 0.25) is 11.9 Å². The number of anilines is 2. The molecule has 16 heteroatoms. The molecule has 4 rings (SSSR count).